The first kappa shape index (κ1) is 15.8. The third kappa shape index (κ3) is 4.46. The summed E-state index contributed by atoms with van der Waals surface area (Å²) in [6.07, 6.45) is 2.43. The van der Waals surface area contributed by atoms with Gasteiger partial charge in [0.2, 0.25) is 5.91 Å². The van der Waals surface area contributed by atoms with Crippen molar-refractivity contribution >= 4 is 5.91 Å². The molecular formula is C17H26N2O2. The molecule has 4 nitrogen and oxygen atoms in total. The van der Waals surface area contributed by atoms with Gasteiger partial charge in [0.15, 0.2) is 0 Å². The monoisotopic (exact) mass is 290 g/mol. The van der Waals surface area contributed by atoms with E-state index in [1.54, 1.807) is 0 Å². The highest BCUT2D eigenvalue weighted by Crippen LogP contribution is 2.21. The minimum Gasteiger partial charge on any atom is -0.494 e. The fourth-order valence-corrected chi connectivity index (χ4v) is 2.92. The van der Waals surface area contributed by atoms with Gasteiger partial charge in [0.05, 0.1) is 6.61 Å². The van der Waals surface area contributed by atoms with E-state index in [-0.39, 0.29) is 5.91 Å². The van der Waals surface area contributed by atoms with Crippen molar-refractivity contribution in [1.82, 2.24) is 10.2 Å². The largest absolute Gasteiger partial charge is 0.494 e. The molecule has 0 radical (unpaired) electrons. The SMILES string of the molecule is CCOc1ccccc1CCC(=O)N1CCC(CNC)C1. The summed E-state index contributed by atoms with van der Waals surface area (Å²) >= 11 is 0. The third-order valence-electron chi connectivity index (χ3n) is 4.01. The maximum Gasteiger partial charge on any atom is 0.222 e. The van der Waals surface area contributed by atoms with Crippen molar-refractivity contribution in [2.75, 3.05) is 33.3 Å². The molecule has 1 amide bonds. The minimum absolute atomic E-state index is 0.264. The van der Waals surface area contributed by atoms with Gasteiger partial charge in [0.1, 0.15) is 5.75 Å². The fraction of sp³-hybridized carbons (Fsp3) is 0.588. The van der Waals surface area contributed by atoms with Crippen LogP contribution in [0.25, 0.3) is 0 Å². The lowest BCUT2D eigenvalue weighted by atomic mass is 10.1. The highest BCUT2D eigenvalue weighted by molar-refractivity contribution is 5.76. The lowest BCUT2D eigenvalue weighted by Crippen LogP contribution is -2.30. The van der Waals surface area contributed by atoms with E-state index in [9.17, 15) is 4.79 Å². The highest BCUT2D eigenvalue weighted by atomic mass is 16.5. The Morgan fingerprint density at radius 3 is 3.00 bits per heavy atom. The van der Waals surface area contributed by atoms with E-state index in [4.69, 9.17) is 4.74 Å². The zero-order valence-corrected chi connectivity index (χ0v) is 13.1. The number of amides is 1. The molecule has 0 aliphatic carbocycles. The number of aryl methyl sites for hydroxylation is 1. The summed E-state index contributed by atoms with van der Waals surface area (Å²) in [7, 11) is 1.97. The van der Waals surface area contributed by atoms with Crippen molar-refractivity contribution in [3.05, 3.63) is 29.8 Å². The van der Waals surface area contributed by atoms with Gasteiger partial charge < -0.3 is 15.0 Å². The van der Waals surface area contributed by atoms with Crippen molar-refractivity contribution < 1.29 is 9.53 Å². The number of para-hydroxylation sites is 1. The van der Waals surface area contributed by atoms with E-state index in [0.29, 0.717) is 18.9 Å². The average Bonchev–Trinajstić information content (AvgIpc) is 2.95. The molecule has 0 saturated carbocycles. The summed E-state index contributed by atoms with van der Waals surface area (Å²) in [6.45, 7) is 5.43. The number of benzene rings is 1. The van der Waals surface area contributed by atoms with Gasteiger partial charge in [-0.25, -0.2) is 0 Å². The molecule has 1 heterocycles. The molecule has 2 rings (SSSR count). The van der Waals surface area contributed by atoms with Crippen molar-refractivity contribution in [1.29, 1.82) is 0 Å². The second-order valence-electron chi connectivity index (χ2n) is 5.59. The van der Waals surface area contributed by atoms with Crippen molar-refractivity contribution in [3.63, 3.8) is 0 Å². The molecule has 1 aromatic carbocycles. The van der Waals surface area contributed by atoms with Gasteiger partial charge in [-0.1, -0.05) is 18.2 Å². The summed E-state index contributed by atoms with van der Waals surface area (Å²) in [5, 5.41) is 3.19. The van der Waals surface area contributed by atoms with Crippen LogP contribution in [0.1, 0.15) is 25.3 Å². The Morgan fingerprint density at radius 1 is 1.43 bits per heavy atom. The fourth-order valence-electron chi connectivity index (χ4n) is 2.92. The van der Waals surface area contributed by atoms with E-state index in [1.165, 1.54) is 0 Å². The predicted octanol–water partition coefficient (Wildman–Crippen LogP) is 2.09. The number of hydrogen-bond donors (Lipinski definition) is 1. The molecule has 1 aliphatic rings. The summed E-state index contributed by atoms with van der Waals surface area (Å²) in [6, 6.07) is 7.99. The average molecular weight is 290 g/mol. The van der Waals surface area contributed by atoms with Gasteiger partial charge in [0.25, 0.3) is 0 Å². The molecule has 0 bridgehead atoms. The topological polar surface area (TPSA) is 41.6 Å². The molecule has 1 saturated heterocycles. The molecule has 1 N–H and O–H groups in total. The van der Waals surface area contributed by atoms with Gasteiger partial charge in [-0.05, 0) is 50.9 Å². The van der Waals surface area contributed by atoms with Gasteiger partial charge in [-0.3, -0.25) is 4.79 Å². The third-order valence-corrected chi connectivity index (χ3v) is 4.01. The van der Waals surface area contributed by atoms with Crippen LogP contribution in [0, 0.1) is 5.92 Å². The first-order chi connectivity index (χ1) is 10.2. The Kier molecular flexibility index (Phi) is 6.05. The van der Waals surface area contributed by atoms with Crippen molar-refractivity contribution in [2.45, 2.75) is 26.2 Å². The van der Waals surface area contributed by atoms with Crippen LogP contribution in [-0.4, -0.2) is 44.1 Å². The molecule has 1 atom stereocenters. The zero-order chi connectivity index (χ0) is 15.1. The van der Waals surface area contributed by atoms with Crippen LogP contribution >= 0.6 is 0 Å². The van der Waals surface area contributed by atoms with Crippen LogP contribution in [0.2, 0.25) is 0 Å². The molecule has 1 unspecified atom stereocenters. The lowest BCUT2D eigenvalue weighted by Gasteiger charge is -2.17. The van der Waals surface area contributed by atoms with Gasteiger partial charge in [0, 0.05) is 19.5 Å². The number of hydrogen-bond acceptors (Lipinski definition) is 3. The smallest absolute Gasteiger partial charge is 0.222 e. The number of carbonyl (C=O) groups excluding carboxylic acids is 1. The second-order valence-corrected chi connectivity index (χ2v) is 5.59. The molecule has 0 spiro atoms. The van der Waals surface area contributed by atoms with Crippen molar-refractivity contribution in [2.24, 2.45) is 5.92 Å². The Morgan fingerprint density at radius 2 is 2.24 bits per heavy atom. The zero-order valence-electron chi connectivity index (χ0n) is 13.1. The standard InChI is InChI=1S/C17H26N2O2/c1-3-21-16-7-5-4-6-15(16)8-9-17(20)19-11-10-14(13-19)12-18-2/h4-7,14,18H,3,8-13H2,1-2H3. The molecule has 0 aromatic heterocycles. The first-order valence-corrected chi connectivity index (χ1v) is 7.87. The van der Waals surface area contributed by atoms with E-state index in [2.05, 4.69) is 5.32 Å². The molecule has 1 aromatic rings. The second kappa shape index (κ2) is 8.03. The first-order valence-electron chi connectivity index (χ1n) is 7.87. The minimum atomic E-state index is 0.264. The normalized spacial score (nSPS) is 18.0. The molecular weight excluding hydrogens is 264 g/mol. The Labute approximate surface area is 127 Å². The van der Waals surface area contributed by atoms with Crippen LogP contribution in [0.5, 0.6) is 5.75 Å². The highest BCUT2D eigenvalue weighted by Gasteiger charge is 2.25. The van der Waals surface area contributed by atoms with Crippen molar-refractivity contribution in [3.8, 4) is 5.75 Å². The summed E-state index contributed by atoms with van der Waals surface area (Å²) in [5.41, 5.74) is 1.12. The number of nitrogens with zero attached hydrogens (tertiary/aromatic N) is 1. The van der Waals surface area contributed by atoms with Crippen LogP contribution in [0.15, 0.2) is 24.3 Å². The Bertz CT molecular complexity index is 462. The van der Waals surface area contributed by atoms with E-state index < -0.39 is 0 Å². The summed E-state index contributed by atoms with van der Waals surface area (Å²) in [4.78, 5) is 14.3. The number of ether oxygens (including phenoxy) is 1. The molecule has 4 heteroatoms. The maximum atomic E-state index is 12.3. The number of likely N-dealkylation sites (tertiary alicyclic amines) is 1. The summed E-state index contributed by atoms with van der Waals surface area (Å²) in [5.74, 6) is 1.77. The van der Waals surface area contributed by atoms with E-state index in [1.807, 2.05) is 43.1 Å². The van der Waals surface area contributed by atoms with Crippen LogP contribution in [0.4, 0.5) is 0 Å². The summed E-state index contributed by atoms with van der Waals surface area (Å²) < 4.78 is 5.61. The quantitative estimate of drug-likeness (QED) is 0.836. The van der Waals surface area contributed by atoms with E-state index in [0.717, 1.165) is 43.8 Å². The Balaban J connectivity index is 1.84. The van der Waals surface area contributed by atoms with Crippen LogP contribution < -0.4 is 10.1 Å². The lowest BCUT2D eigenvalue weighted by molar-refractivity contribution is -0.130. The van der Waals surface area contributed by atoms with Gasteiger partial charge in [-0.15, -0.1) is 0 Å². The Hall–Kier alpha value is -1.55. The van der Waals surface area contributed by atoms with E-state index >= 15 is 0 Å². The number of nitrogens with one attached hydrogen (secondary N) is 1. The molecule has 116 valence electrons. The predicted molar refractivity (Wildman–Crippen MR) is 84.5 cm³/mol. The number of carbonyl (C=O) groups is 1. The maximum absolute atomic E-state index is 12.3. The van der Waals surface area contributed by atoms with Gasteiger partial charge in [-0.2, -0.15) is 0 Å². The van der Waals surface area contributed by atoms with Crippen LogP contribution in [-0.2, 0) is 11.2 Å². The van der Waals surface area contributed by atoms with Gasteiger partial charge >= 0.3 is 0 Å². The molecule has 1 aliphatic heterocycles. The van der Waals surface area contributed by atoms with Crippen LogP contribution in [0.3, 0.4) is 0 Å². The molecule has 1 fully saturated rings. The number of rotatable bonds is 7. The molecule has 21 heavy (non-hydrogen) atoms.